The molecule has 0 N–H and O–H groups in total. The van der Waals surface area contributed by atoms with E-state index >= 15 is 0 Å². The third-order valence-corrected chi connectivity index (χ3v) is 2.85. The zero-order chi connectivity index (χ0) is 12.9. The summed E-state index contributed by atoms with van der Waals surface area (Å²) < 4.78 is 0. The van der Waals surface area contributed by atoms with Crippen LogP contribution in [0.3, 0.4) is 0 Å². The monoisotopic (exact) mass is 230 g/mol. The summed E-state index contributed by atoms with van der Waals surface area (Å²) in [5.74, 6) is 0.248. The molecule has 1 heteroatoms. The molecule has 92 valence electrons. The Bertz CT molecular complexity index is 396. The van der Waals surface area contributed by atoms with Gasteiger partial charge in [-0.2, -0.15) is 0 Å². The van der Waals surface area contributed by atoms with Crippen LogP contribution >= 0.6 is 0 Å². The van der Waals surface area contributed by atoms with Crippen LogP contribution in [0.5, 0.6) is 0 Å². The van der Waals surface area contributed by atoms with Crippen LogP contribution in [0.1, 0.15) is 56.0 Å². The molecule has 0 heterocycles. The molecular weight excluding hydrogens is 208 g/mol. The van der Waals surface area contributed by atoms with Crippen molar-refractivity contribution in [2.45, 2.75) is 45.4 Å². The fourth-order valence-corrected chi connectivity index (χ4v) is 1.92. The lowest BCUT2D eigenvalue weighted by Gasteiger charge is -2.22. The number of unbranched alkanes of at least 4 members (excludes halogenated alkanes) is 1. The molecule has 0 radical (unpaired) electrons. The van der Waals surface area contributed by atoms with Gasteiger partial charge in [0.05, 0.1) is 0 Å². The Morgan fingerprint density at radius 2 is 1.94 bits per heavy atom. The Kier molecular flexibility index (Phi) is 4.68. The Morgan fingerprint density at radius 3 is 2.53 bits per heavy atom. The van der Waals surface area contributed by atoms with Crippen molar-refractivity contribution in [3.05, 3.63) is 48.0 Å². The first-order valence-electron chi connectivity index (χ1n) is 6.20. The van der Waals surface area contributed by atoms with Crippen LogP contribution in [0.15, 0.2) is 36.9 Å². The smallest absolute Gasteiger partial charge is 0.163 e. The Labute approximate surface area is 105 Å². The number of Topliss-reactive ketones (excluding diaryl/α,β-unsaturated/α-hetero) is 1. The minimum absolute atomic E-state index is 0.0185. The normalized spacial score (nSPS) is 11.2. The molecule has 0 aliphatic rings. The van der Waals surface area contributed by atoms with E-state index in [9.17, 15) is 4.79 Å². The molecule has 1 aromatic carbocycles. The summed E-state index contributed by atoms with van der Waals surface area (Å²) >= 11 is 0. The Balaban J connectivity index is 2.90. The van der Waals surface area contributed by atoms with Gasteiger partial charge in [0.25, 0.3) is 0 Å². The van der Waals surface area contributed by atoms with E-state index in [1.165, 1.54) is 0 Å². The topological polar surface area (TPSA) is 17.1 Å². The van der Waals surface area contributed by atoms with Gasteiger partial charge in [0.1, 0.15) is 0 Å². The summed E-state index contributed by atoms with van der Waals surface area (Å²) in [4.78, 5) is 12.2. The second kappa shape index (κ2) is 5.81. The van der Waals surface area contributed by atoms with E-state index in [-0.39, 0.29) is 11.2 Å². The van der Waals surface area contributed by atoms with Crippen LogP contribution in [0.2, 0.25) is 0 Å². The zero-order valence-electron chi connectivity index (χ0n) is 11.1. The van der Waals surface area contributed by atoms with E-state index in [0.717, 1.165) is 24.0 Å². The molecular formula is C16H22O. The third kappa shape index (κ3) is 3.85. The van der Waals surface area contributed by atoms with E-state index in [2.05, 4.69) is 33.4 Å². The number of benzene rings is 1. The summed E-state index contributed by atoms with van der Waals surface area (Å²) in [5, 5.41) is 0. The first-order chi connectivity index (χ1) is 7.96. The average molecular weight is 230 g/mol. The van der Waals surface area contributed by atoms with E-state index in [1.807, 2.05) is 24.3 Å². The predicted molar refractivity (Wildman–Crippen MR) is 73.5 cm³/mol. The SMILES string of the molecule is C=CCCCC(=O)c1ccccc1C(C)(C)C. The maximum absolute atomic E-state index is 12.2. The van der Waals surface area contributed by atoms with Crippen LogP contribution in [0, 0.1) is 0 Å². The summed E-state index contributed by atoms with van der Waals surface area (Å²) in [7, 11) is 0. The Hall–Kier alpha value is -1.37. The van der Waals surface area contributed by atoms with Gasteiger partial charge >= 0.3 is 0 Å². The molecule has 1 aromatic rings. The summed E-state index contributed by atoms with van der Waals surface area (Å²) in [5.41, 5.74) is 2.04. The van der Waals surface area contributed by atoms with Gasteiger partial charge in [0.15, 0.2) is 5.78 Å². The lowest BCUT2D eigenvalue weighted by molar-refractivity contribution is 0.0978. The molecule has 0 aliphatic carbocycles. The molecule has 0 aromatic heterocycles. The maximum Gasteiger partial charge on any atom is 0.163 e. The highest BCUT2D eigenvalue weighted by Gasteiger charge is 2.20. The summed E-state index contributed by atoms with van der Waals surface area (Å²) in [6.07, 6.45) is 4.27. The quantitative estimate of drug-likeness (QED) is 0.413. The van der Waals surface area contributed by atoms with E-state index in [0.29, 0.717) is 6.42 Å². The van der Waals surface area contributed by atoms with Gasteiger partial charge in [-0.05, 0) is 23.8 Å². The average Bonchev–Trinajstić information content (AvgIpc) is 2.28. The number of carbonyl (C=O) groups is 1. The van der Waals surface area contributed by atoms with Gasteiger partial charge in [-0.1, -0.05) is 51.1 Å². The van der Waals surface area contributed by atoms with E-state index in [4.69, 9.17) is 0 Å². The highest BCUT2D eigenvalue weighted by molar-refractivity contribution is 5.97. The number of ketones is 1. The third-order valence-electron chi connectivity index (χ3n) is 2.85. The second-order valence-electron chi connectivity index (χ2n) is 5.40. The first kappa shape index (κ1) is 13.7. The van der Waals surface area contributed by atoms with Gasteiger partial charge in [-0.25, -0.2) is 0 Å². The van der Waals surface area contributed by atoms with Crippen LogP contribution in [0.4, 0.5) is 0 Å². The largest absolute Gasteiger partial charge is 0.294 e. The van der Waals surface area contributed by atoms with Crippen molar-refractivity contribution in [3.63, 3.8) is 0 Å². The van der Waals surface area contributed by atoms with Gasteiger partial charge in [0, 0.05) is 12.0 Å². The minimum atomic E-state index is 0.0185. The molecule has 0 saturated heterocycles. The zero-order valence-corrected chi connectivity index (χ0v) is 11.1. The number of allylic oxidation sites excluding steroid dienone is 1. The maximum atomic E-state index is 12.2. The van der Waals surface area contributed by atoms with Crippen molar-refractivity contribution in [2.75, 3.05) is 0 Å². The van der Waals surface area contributed by atoms with E-state index < -0.39 is 0 Å². The molecule has 0 atom stereocenters. The molecule has 0 amide bonds. The summed E-state index contributed by atoms with van der Waals surface area (Å²) in [6, 6.07) is 7.94. The predicted octanol–water partition coefficient (Wildman–Crippen LogP) is 4.52. The summed E-state index contributed by atoms with van der Waals surface area (Å²) in [6.45, 7) is 10.1. The number of rotatable bonds is 5. The molecule has 17 heavy (non-hydrogen) atoms. The number of hydrogen-bond acceptors (Lipinski definition) is 1. The molecule has 1 rings (SSSR count). The molecule has 0 unspecified atom stereocenters. The van der Waals surface area contributed by atoms with Crippen molar-refractivity contribution in [3.8, 4) is 0 Å². The highest BCUT2D eigenvalue weighted by Crippen LogP contribution is 2.26. The van der Waals surface area contributed by atoms with Gasteiger partial charge in [-0.15, -0.1) is 6.58 Å². The molecule has 0 fully saturated rings. The first-order valence-corrected chi connectivity index (χ1v) is 6.20. The lowest BCUT2D eigenvalue weighted by Crippen LogP contribution is -2.16. The molecule has 0 saturated carbocycles. The molecule has 0 spiro atoms. The van der Waals surface area contributed by atoms with E-state index in [1.54, 1.807) is 0 Å². The van der Waals surface area contributed by atoms with Crippen molar-refractivity contribution >= 4 is 5.78 Å². The second-order valence-corrected chi connectivity index (χ2v) is 5.40. The van der Waals surface area contributed by atoms with Crippen LogP contribution in [-0.4, -0.2) is 5.78 Å². The number of hydrogen-bond donors (Lipinski definition) is 0. The fourth-order valence-electron chi connectivity index (χ4n) is 1.92. The molecule has 0 bridgehead atoms. The molecule has 0 aliphatic heterocycles. The van der Waals surface area contributed by atoms with Crippen LogP contribution in [-0.2, 0) is 5.41 Å². The standard InChI is InChI=1S/C16H22O/c1-5-6-7-12-15(17)13-10-8-9-11-14(13)16(2,3)4/h5,8-11H,1,6-7,12H2,2-4H3. The fraction of sp³-hybridized carbons (Fsp3) is 0.438. The van der Waals surface area contributed by atoms with Crippen molar-refractivity contribution in [1.82, 2.24) is 0 Å². The Morgan fingerprint density at radius 1 is 1.29 bits per heavy atom. The van der Waals surface area contributed by atoms with Crippen LogP contribution in [0.25, 0.3) is 0 Å². The highest BCUT2D eigenvalue weighted by atomic mass is 16.1. The van der Waals surface area contributed by atoms with Crippen LogP contribution < -0.4 is 0 Å². The molecule has 1 nitrogen and oxygen atoms in total. The lowest BCUT2D eigenvalue weighted by atomic mass is 9.82. The van der Waals surface area contributed by atoms with Gasteiger partial charge < -0.3 is 0 Å². The number of carbonyl (C=O) groups excluding carboxylic acids is 1. The minimum Gasteiger partial charge on any atom is -0.294 e. The van der Waals surface area contributed by atoms with Crippen molar-refractivity contribution < 1.29 is 4.79 Å². The van der Waals surface area contributed by atoms with Gasteiger partial charge in [-0.3, -0.25) is 4.79 Å². The van der Waals surface area contributed by atoms with Crippen molar-refractivity contribution in [1.29, 1.82) is 0 Å². The van der Waals surface area contributed by atoms with Crippen molar-refractivity contribution in [2.24, 2.45) is 0 Å². The van der Waals surface area contributed by atoms with Gasteiger partial charge in [0.2, 0.25) is 0 Å².